The van der Waals surface area contributed by atoms with E-state index in [-0.39, 0.29) is 16.9 Å². The first-order chi connectivity index (χ1) is 14.7. The van der Waals surface area contributed by atoms with Crippen LogP contribution in [-0.4, -0.2) is 21.9 Å². The highest BCUT2D eigenvalue weighted by atomic mass is 16.3. The van der Waals surface area contributed by atoms with Crippen molar-refractivity contribution < 1.29 is 10.2 Å². The van der Waals surface area contributed by atoms with Gasteiger partial charge in [0.05, 0.1) is 11.7 Å². The van der Waals surface area contributed by atoms with Gasteiger partial charge in [-0.1, -0.05) is 65.3 Å². The highest BCUT2D eigenvalue weighted by molar-refractivity contribution is 5.32. The van der Waals surface area contributed by atoms with Gasteiger partial charge >= 0.3 is 0 Å². The zero-order valence-corrected chi connectivity index (χ0v) is 22.2. The molecule has 0 radical (unpaired) electrons. The van der Waals surface area contributed by atoms with Gasteiger partial charge in [-0.2, -0.15) is 0 Å². The molecule has 3 fully saturated rings. The van der Waals surface area contributed by atoms with Crippen molar-refractivity contribution in [3.05, 3.63) is 23.8 Å². The van der Waals surface area contributed by atoms with E-state index in [0.29, 0.717) is 28.6 Å². The van der Waals surface area contributed by atoms with E-state index in [4.69, 9.17) is 0 Å². The van der Waals surface area contributed by atoms with E-state index in [0.717, 1.165) is 25.2 Å². The first-order valence-corrected chi connectivity index (χ1v) is 13.5. The van der Waals surface area contributed by atoms with Crippen LogP contribution in [0, 0.1) is 45.3 Å². The largest absolute Gasteiger partial charge is 0.393 e. The summed E-state index contributed by atoms with van der Waals surface area (Å²) in [5.74, 6) is 2.69. The van der Waals surface area contributed by atoms with Gasteiger partial charge in [0, 0.05) is 0 Å². The first kappa shape index (κ1) is 24.5. The van der Waals surface area contributed by atoms with Crippen LogP contribution in [0.3, 0.4) is 0 Å². The van der Waals surface area contributed by atoms with Crippen LogP contribution in [0.5, 0.6) is 0 Å². The number of aliphatic hydroxyl groups excluding tert-OH is 1. The molecule has 2 N–H and O–H groups in total. The van der Waals surface area contributed by atoms with Crippen molar-refractivity contribution in [2.75, 3.05) is 0 Å². The van der Waals surface area contributed by atoms with E-state index in [9.17, 15) is 10.2 Å². The van der Waals surface area contributed by atoms with Gasteiger partial charge in [-0.3, -0.25) is 0 Å². The van der Waals surface area contributed by atoms with Crippen molar-refractivity contribution >= 4 is 0 Å². The molecule has 0 aromatic carbocycles. The van der Waals surface area contributed by atoms with E-state index in [1.54, 1.807) is 5.57 Å². The second-order valence-electron chi connectivity index (χ2n) is 14.1. The van der Waals surface area contributed by atoms with Crippen molar-refractivity contribution in [2.24, 2.45) is 45.3 Å². The minimum absolute atomic E-state index is 0.0139. The number of hydrogen-bond acceptors (Lipinski definition) is 2. The third-order valence-electron chi connectivity index (χ3n) is 11.6. The van der Waals surface area contributed by atoms with Crippen LogP contribution in [0.4, 0.5) is 0 Å². The van der Waals surface area contributed by atoms with Gasteiger partial charge in [0.25, 0.3) is 0 Å². The number of aliphatic hydroxyl groups is 2. The minimum atomic E-state index is -0.717. The second-order valence-corrected chi connectivity index (χ2v) is 14.1. The molecule has 32 heavy (non-hydrogen) atoms. The SMILES string of the molecule is C[C@H](C/C=C\C(C)(C)O)[C@H]1CC[C@@]2(C)[C@@H]3CC[C@H]4C(C)(C)[C@@H](O)CC[C@]4(C)C3=CC[C@]12C. The lowest BCUT2D eigenvalue weighted by Crippen LogP contribution is -2.57. The van der Waals surface area contributed by atoms with Crippen molar-refractivity contribution in [1.29, 1.82) is 0 Å². The number of allylic oxidation sites excluding steroid dienone is 3. The van der Waals surface area contributed by atoms with Crippen molar-refractivity contribution in [3.63, 3.8) is 0 Å². The fourth-order valence-electron chi connectivity index (χ4n) is 9.41. The summed E-state index contributed by atoms with van der Waals surface area (Å²) in [6, 6.07) is 0. The van der Waals surface area contributed by atoms with Gasteiger partial charge in [0.2, 0.25) is 0 Å². The smallest absolute Gasteiger partial charge is 0.0771 e. The third kappa shape index (κ3) is 3.49. The summed E-state index contributed by atoms with van der Waals surface area (Å²) in [5.41, 5.74) is 2.06. The van der Waals surface area contributed by atoms with Gasteiger partial charge in [0.15, 0.2) is 0 Å². The molecule has 0 bridgehead atoms. The fraction of sp³-hybridized carbons (Fsp3) is 0.867. The van der Waals surface area contributed by atoms with Crippen molar-refractivity contribution in [3.8, 4) is 0 Å². The molecule has 0 heterocycles. The monoisotopic (exact) mass is 442 g/mol. The Kier molecular flexibility index (Phi) is 5.90. The summed E-state index contributed by atoms with van der Waals surface area (Å²) in [6.45, 7) is 18.6. The average Bonchev–Trinajstić information content (AvgIpc) is 2.96. The third-order valence-corrected chi connectivity index (χ3v) is 11.6. The quantitative estimate of drug-likeness (QED) is 0.448. The van der Waals surface area contributed by atoms with E-state index in [1.807, 2.05) is 19.9 Å². The Labute approximate surface area is 198 Å². The molecule has 0 unspecified atom stereocenters. The molecule has 0 aromatic rings. The highest BCUT2D eigenvalue weighted by Crippen LogP contribution is 2.73. The van der Waals surface area contributed by atoms with Gasteiger partial charge in [-0.15, -0.1) is 0 Å². The Balaban J connectivity index is 1.62. The lowest BCUT2D eigenvalue weighted by Gasteiger charge is -2.64. The summed E-state index contributed by atoms with van der Waals surface area (Å²) < 4.78 is 0. The summed E-state index contributed by atoms with van der Waals surface area (Å²) in [7, 11) is 0. The van der Waals surface area contributed by atoms with Crippen molar-refractivity contribution in [1.82, 2.24) is 0 Å². The molecule has 0 aromatic heterocycles. The molecule has 2 heteroatoms. The van der Waals surface area contributed by atoms with E-state index in [2.05, 4.69) is 53.7 Å². The van der Waals surface area contributed by atoms with Crippen LogP contribution in [0.15, 0.2) is 23.8 Å². The number of rotatable bonds is 4. The maximum atomic E-state index is 10.8. The molecule has 3 saturated carbocycles. The van der Waals surface area contributed by atoms with Gasteiger partial charge in [0.1, 0.15) is 0 Å². The van der Waals surface area contributed by atoms with Crippen LogP contribution >= 0.6 is 0 Å². The van der Waals surface area contributed by atoms with Gasteiger partial charge < -0.3 is 10.2 Å². The maximum absolute atomic E-state index is 10.8. The maximum Gasteiger partial charge on any atom is 0.0771 e. The molecule has 0 spiro atoms. The van der Waals surface area contributed by atoms with Gasteiger partial charge in [-0.05, 0) is 111 Å². The minimum Gasteiger partial charge on any atom is -0.393 e. The molecular weight excluding hydrogens is 392 g/mol. The molecule has 8 atom stereocenters. The van der Waals surface area contributed by atoms with Crippen LogP contribution in [-0.2, 0) is 0 Å². The topological polar surface area (TPSA) is 40.5 Å². The Morgan fingerprint density at radius 1 is 1.03 bits per heavy atom. The molecule has 4 rings (SSSR count). The molecule has 4 aliphatic carbocycles. The number of fused-ring (bicyclic) bond motifs is 5. The summed E-state index contributed by atoms with van der Waals surface area (Å²) in [4.78, 5) is 0. The predicted octanol–water partition coefficient (Wildman–Crippen LogP) is 7.31. The lowest BCUT2D eigenvalue weighted by atomic mass is 9.41. The number of hydrogen-bond donors (Lipinski definition) is 2. The lowest BCUT2D eigenvalue weighted by molar-refractivity contribution is -0.118. The molecule has 182 valence electrons. The zero-order valence-electron chi connectivity index (χ0n) is 22.2. The van der Waals surface area contributed by atoms with Crippen LogP contribution in [0.2, 0.25) is 0 Å². The molecule has 0 saturated heterocycles. The molecule has 0 aliphatic heterocycles. The fourth-order valence-corrected chi connectivity index (χ4v) is 9.41. The van der Waals surface area contributed by atoms with Crippen LogP contribution < -0.4 is 0 Å². The van der Waals surface area contributed by atoms with E-state index in [1.165, 1.54) is 32.1 Å². The summed E-state index contributed by atoms with van der Waals surface area (Å²) in [6.07, 6.45) is 16.4. The molecular formula is C30H50O2. The van der Waals surface area contributed by atoms with Crippen molar-refractivity contribution in [2.45, 2.75) is 118 Å². The normalized spacial score (nSPS) is 46.9. The van der Waals surface area contributed by atoms with E-state index >= 15 is 0 Å². The Morgan fingerprint density at radius 2 is 1.72 bits per heavy atom. The summed E-state index contributed by atoms with van der Waals surface area (Å²) >= 11 is 0. The van der Waals surface area contributed by atoms with Crippen LogP contribution in [0.25, 0.3) is 0 Å². The molecule has 2 nitrogen and oxygen atoms in total. The standard InChI is InChI=1S/C30H50O2/c1-20(10-9-16-26(2,3)32)21-13-18-30(8)23-11-12-24-27(4,5)25(31)15-17-28(24,6)22(23)14-19-29(21,30)7/h9,14,16,20-21,23-25,31-32H,10-13,15,17-19H2,1-8H3/b16-9-/t20-,21-,23-,24+,25+,28-,29-,30+/m1/s1. The second kappa shape index (κ2) is 7.70. The first-order valence-electron chi connectivity index (χ1n) is 13.5. The Hall–Kier alpha value is -0.600. The average molecular weight is 443 g/mol. The highest BCUT2D eigenvalue weighted by Gasteiger charge is 2.65. The molecule has 0 amide bonds. The Morgan fingerprint density at radius 3 is 2.38 bits per heavy atom. The molecule has 4 aliphatic rings. The van der Waals surface area contributed by atoms with E-state index < -0.39 is 5.60 Å². The Bertz CT molecular complexity index is 785. The van der Waals surface area contributed by atoms with Gasteiger partial charge in [-0.25, -0.2) is 0 Å². The predicted molar refractivity (Wildman–Crippen MR) is 134 cm³/mol. The summed E-state index contributed by atoms with van der Waals surface area (Å²) in [5, 5.41) is 20.9. The zero-order chi connectivity index (χ0) is 23.7. The van der Waals surface area contributed by atoms with Crippen LogP contribution in [0.1, 0.15) is 107 Å².